The predicted octanol–water partition coefficient (Wildman–Crippen LogP) is 1.11. The third kappa shape index (κ3) is 4.53. The molecule has 0 saturated carbocycles. The smallest absolute Gasteiger partial charge is 0.237 e. The highest BCUT2D eigenvalue weighted by molar-refractivity contribution is 5.82. The van der Waals surface area contributed by atoms with Crippen LogP contribution in [0, 0.1) is 5.41 Å². The lowest BCUT2D eigenvalue weighted by Gasteiger charge is -2.25. The van der Waals surface area contributed by atoms with Crippen molar-refractivity contribution in [2.24, 2.45) is 11.1 Å². The number of carbonyl (C=O) groups excluding carboxylic acids is 1. The van der Waals surface area contributed by atoms with Gasteiger partial charge >= 0.3 is 0 Å². The molecule has 0 aliphatic heterocycles. The molecule has 0 saturated heterocycles. The van der Waals surface area contributed by atoms with Gasteiger partial charge in [0.25, 0.3) is 0 Å². The van der Waals surface area contributed by atoms with Gasteiger partial charge in [-0.15, -0.1) is 0 Å². The van der Waals surface area contributed by atoms with Crippen LogP contribution in [0.2, 0.25) is 0 Å². The molecule has 3 N–H and O–H groups in total. The summed E-state index contributed by atoms with van der Waals surface area (Å²) in [7, 11) is 0. The quantitative estimate of drug-likeness (QED) is 0.821. The normalized spacial score (nSPS) is 13.2. The Kier molecular flexibility index (Phi) is 4.63. The maximum Gasteiger partial charge on any atom is 0.237 e. The molecular formula is C13H21N3O. The second-order valence-corrected chi connectivity index (χ2v) is 5.24. The Balaban J connectivity index is 2.35. The highest BCUT2D eigenvalue weighted by Crippen LogP contribution is 2.16. The summed E-state index contributed by atoms with van der Waals surface area (Å²) < 4.78 is 0. The van der Waals surface area contributed by atoms with Crippen molar-refractivity contribution >= 4 is 5.91 Å². The molecule has 4 heteroatoms. The topological polar surface area (TPSA) is 68.0 Å². The number of pyridine rings is 1. The maximum atomic E-state index is 11.7. The van der Waals surface area contributed by atoms with Crippen LogP contribution in [0.25, 0.3) is 0 Å². The van der Waals surface area contributed by atoms with Crippen molar-refractivity contribution in [3.63, 3.8) is 0 Å². The Hall–Kier alpha value is -1.42. The third-order valence-corrected chi connectivity index (χ3v) is 2.68. The molecule has 0 aliphatic carbocycles. The summed E-state index contributed by atoms with van der Waals surface area (Å²) in [5.74, 6) is -0.0912. The monoisotopic (exact) mass is 235 g/mol. The van der Waals surface area contributed by atoms with Crippen LogP contribution in [0.15, 0.2) is 24.5 Å². The molecule has 0 radical (unpaired) electrons. The molecular weight excluding hydrogens is 214 g/mol. The Morgan fingerprint density at radius 3 is 2.53 bits per heavy atom. The van der Waals surface area contributed by atoms with E-state index in [1.165, 1.54) is 0 Å². The van der Waals surface area contributed by atoms with Crippen molar-refractivity contribution in [2.75, 3.05) is 6.54 Å². The van der Waals surface area contributed by atoms with Crippen molar-refractivity contribution in [3.05, 3.63) is 30.1 Å². The van der Waals surface area contributed by atoms with Gasteiger partial charge < -0.3 is 11.1 Å². The zero-order valence-electron chi connectivity index (χ0n) is 10.7. The van der Waals surface area contributed by atoms with Crippen LogP contribution in [-0.4, -0.2) is 23.5 Å². The molecule has 1 amide bonds. The van der Waals surface area contributed by atoms with E-state index in [1.54, 1.807) is 12.4 Å². The minimum Gasteiger partial charge on any atom is -0.354 e. The Morgan fingerprint density at radius 1 is 1.41 bits per heavy atom. The van der Waals surface area contributed by atoms with Gasteiger partial charge in [-0.1, -0.05) is 20.8 Å². The predicted molar refractivity (Wildman–Crippen MR) is 68.4 cm³/mol. The third-order valence-electron chi connectivity index (χ3n) is 2.68. The van der Waals surface area contributed by atoms with Crippen LogP contribution in [0.4, 0.5) is 0 Å². The first-order valence-electron chi connectivity index (χ1n) is 5.83. The lowest BCUT2D eigenvalue weighted by atomic mass is 9.87. The van der Waals surface area contributed by atoms with Crippen LogP contribution >= 0.6 is 0 Å². The van der Waals surface area contributed by atoms with Gasteiger partial charge in [0.2, 0.25) is 5.91 Å². The first-order valence-corrected chi connectivity index (χ1v) is 5.83. The number of hydrogen-bond acceptors (Lipinski definition) is 3. The SMILES string of the molecule is CC(C)(C)[C@@H](N)C(=O)NCCc1ccncc1. The van der Waals surface area contributed by atoms with E-state index in [1.807, 2.05) is 32.9 Å². The van der Waals surface area contributed by atoms with Crippen LogP contribution < -0.4 is 11.1 Å². The van der Waals surface area contributed by atoms with E-state index in [0.29, 0.717) is 6.54 Å². The fraction of sp³-hybridized carbons (Fsp3) is 0.538. The minimum absolute atomic E-state index is 0.0912. The second-order valence-electron chi connectivity index (χ2n) is 5.24. The highest BCUT2D eigenvalue weighted by Gasteiger charge is 2.26. The average Bonchev–Trinajstić information content (AvgIpc) is 2.28. The van der Waals surface area contributed by atoms with E-state index < -0.39 is 6.04 Å². The highest BCUT2D eigenvalue weighted by atomic mass is 16.2. The molecule has 1 heterocycles. The van der Waals surface area contributed by atoms with Gasteiger partial charge in [-0.25, -0.2) is 0 Å². The van der Waals surface area contributed by atoms with E-state index in [-0.39, 0.29) is 11.3 Å². The fourth-order valence-corrected chi connectivity index (χ4v) is 1.38. The molecule has 0 fully saturated rings. The van der Waals surface area contributed by atoms with E-state index in [2.05, 4.69) is 10.3 Å². The van der Waals surface area contributed by atoms with Crippen molar-refractivity contribution < 1.29 is 4.79 Å². The van der Waals surface area contributed by atoms with E-state index >= 15 is 0 Å². The summed E-state index contributed by atoms with van der Waals surface area (Å²) in [5, 5.41) is 2.85. The molecule has 1 atom stereocenters. The summed E-state index contributed by atoms with van der Waals surface area (Å²) in [4.78, 5) is 15.7. The molecule has 0 spiro atoms. The van der Waals surface area contributed by atoms with Crippen LogP contribution in [-0.2, 0) is 11.2 Å². The summed E-state index contributed by atoms with van der Waals surface area (Å²) >= 11 is 0. The number of carbonyl (C=O) groups is 1. The summed E-state index contributed by atoms with van der Waals surface area (Å²) in [5.41, 5.74) is 6.80. The largest absolute Gasteiger partial charge is 0.354 e. The Labute approximate surface area is 103 Å². The molecule has 4 nitrogen and oxygen atoms in total. The van der Waals surface area contributed by atoms with Gasteiger partial charge in [-0.05, 0) is 29.5 Å². The zero-order valence-corrected chi connectivity index (χ0v) is 10.7. The average molecular weight is 235 g/mol. The Bertz CT molecular complexity index is 357. The van der Waals surface area contributed by atoms with Gasteiger partial charge in [-0.3, -0.25) is 9.78 Å². The lowest BCUT2D eigenvalue weighted by Crippen LogP contribution is -2.48. The molecule has 1 aromatic heterocycles. The molecule has 0 aliphatic rings. The van der Waals surface area contributed by atoms with Gasteiger partial charge in [-0.2, -0.15) is 0 Å². The van der Waals surface area contributed by atoms with Crippen molar-refractivity contribution in [1.82, 2.24) is 10.3 Å². The number of rotatable bonds is 4. The zero-order chi connectivity index (χ0) is 12.9. The molecule has 17 heavy (non-hydrogen) atoms. The number of nitrogens with two attached hydrogens (primary N) is 1. The summed E-state index contributed by atoms with van der Waals surface area (Å²) in [6, 6.07) is 3.41. The molecule has 0 unspecified atom stereocenters. The van der Waals surface area contributed by atoms with Crippen molar-refractivity contribution in [1.29, 1.82) is 0 Å². The summed E-state index contributed by atoms with van der Waals surface area (Å²) in [6.45, 7) is 6.48. The first kappa shape index (κ1) is 13.6. The number of hydrogen-bond donors (Lipinski definition) is 2. The van der Waals surface area contributed by atoms with E-state index in [0.717, 1.165) is 12.0 Å². The van der Waals surface area contributed by atoms with Crippen LogP contribution in [0.1, 0.15) is 26.3 Å². The summed E-state index contributed by atoms with van der Waals surface area (Å²) in [6.07, 6.45) is 4.29. The van der Waals surface area contributed by atoms with Crippen LogP contribution in [0.5, 0.6) is 0 Å². The lowest BCUT2D eigenvalue weighted by molar-refractivity contribution is -0.124. The fourth-order valence-electron chi connectivity index (χ4n) is 1.38. The molecule has 0 aromatic carbocycles. The number of nitrogens with one attached hydrogen (secondary N) is 1. The maximum absolute atomic E-state index is 11.7. The second kappa shape index (κ2) is 5.77. The van der Waals surface area contributed by atoms with Crippen molar-refractivity contribution in [3.8, 4) is 0 Å². The van der Waals surface area contributed by atoms with Gasteiger partial charge in [0.1, 0.15) is 0 Å². The Morgan fingerprint density at radius 2 is 2.00 bits per heavy atom. The van der Waals surface area contributed by atoms with Gasteiger partial charge in [0.05, 0.1) is 6.04 Å². The van der Waals surface area contributed by atoms with Crippen LogP contribution in [0.3, 0.4) is 0 Å². The van der Waals surface area contributed by atoms with Crippen molar-refractivity contribution in [2.45, 2.75) is 33.2 Å². The molecule has 1 aromatic rings. The van der Waals surface area contributed by atoms with E-state index in [9.17, 15) is 4.79 Å². The number of nitrogens with zero attached hydrogens (tertiary/aromatic N) is 1. The molecule has 1 rings (SSSR count). The molecule has 0 bridgehead atoms. The standard InChI is InChI=1S/C13H21N3O/c1-13(2,3)11(14)12(17)16-9-6-10-4-7-15-8-5-10/h4-5,7-8,11H,6,9,14H2,1-3H3,(H,16,17)/t11-/m0/s1. The number of aromatic nitrogens is 1. The molecule has 94 valence electrons. The first-order chi connectivity index (χ1) is 7.91. The van der Waals surface area contributed by atoms with E-state index in [4.69, 9.17) is 5.73 Å². The number of amides is 1. The van der Waals surface area contributed by atoms with Gasteiger partial charge in [0.15, 0.2) is 0 Å². The minimum atomic E-state index is -0.472. The van der Waals surface area contributed by atoms with Gasteiger partial charge in [0, 0.05) is 18.9 Å².